The van der Waals surface area contributed by atoms with E-state index in [-0.39, 0.29) is 18.7 Å². The minimum atomic E-state index is -0.607. The van der Waals surface area contributed by atoms with Gasteiger partial charge >= 0.3 is 0 Å². The molecule has 1 rings (SSSR count). The van der Waals surface area contributed by atoms with Crippen molar-refractivity contribution >= 4 is 0 Å². The number of aliphatic hydroxyl groups is 2. The van der Waals surface area contributed by atoms with Crippen LogP contribution >= 0.6 is 0 Å². The highest BCUT2D eigenvalue weighted by Crippen LogP contribution is 2.04. The predicted octanol–water partition coefficient (Wildman–Crippen LogP) is -0.112. The van der Waals surface area contributed by atoms with E-state index in [0.717, 1.165) is 5.56 Å². The fourth-order valence-electron chi connectivity index (χ4n) is 1.56. The lowest BCUT2D eigenvalue weighted by molar-refractivity contribution is 0.133. The highest BCUT2D eigenvalue weighted by Gasteiger charge is 2.15. The van der Waals surface area contributed by atoms with Gasteiger partial charge in [0.2, 0.25) is 0 Å². The molecule has 0 aliphatic carbocycles. The third-order valence-electron chi connectivity index (χ3n) is 2.76. The number of rotatable bonds is 7. The Morgan fingerprint density at radius 2 is 1.94 bits per heavy atom. The second-order valence-electron chi connectivity index (χ2n) is 4.41. The third kappa shape index (κ3) is 5.28. The molecule has 0 bridgehead atoms. The van der Waals surface area contributed by atoms with Crippen LogP contribution in [0, 0.1) is 0 Å². The van der Waals surface area contributed by atoms with Crippen LogP contribution in [0.3, 0.4) is 0 Å². The molecule has 0 aromatic heterocycles. The molecule has 4 heteroatoms. The summed E-state index contributed by atoms with van der Waals surface area (Å²) in [5.74, 6) is 0. The lowest BCUT2D eigenvalue weighted by atomic mass is 10.0. The van der Waals surface area contributed by atoms with E-state index in [4.69, 9.17) is 10.8 Å². The normalized spacial score (nSPS) is 16.5. The molecule has 1 aromatic carbocycles. The maximum Gasteiger partial charge on any atom is 0.0818 e. The molecule has 0 amide bonds. The molecule has 0 spiro atoms. The van der Waals surface area contributed by atoms with E-state index < -0.39 is 6.10 Å². The van der Waals surface area contributed by atoms with Crippen molar-refractivity contribution in [1.82, 2.24) is 5.32 Å². The van der Waals surface area contributed by atoms with Crippen LogP contribution in [0.5, 0.6) is 0 Å². The molecule has 0 fully saturated rings. The Bertz CT molecular complexity index is 306. The van der Waals surface area contributed by atoms with E-state index in [0.29, 0.717) is 13.0 Å². The van der Waals surface area contributed by atoms with Gasteiger partial charge in [0, 0.05) is 18.6 Å². The standard InChI is InChI=1S/C13H22N2O2/c1-10(9-16)15-8-13(17)12(14)7-11-5-3-2-4-6-11/h2-6,10,12-13,15-17H,7-9,14H2,1H3/t10-,12-,13+/m0/s1. The van der Waals surface area contributed by atoms with Crippen molar-refractivity contribution in [3.63, 3.8) is 0 Å². The molecular formula is C13H22N2O2. The van der Waals surface area contributed by atoms with E-state index in [1.54, 1.807) is 0 Å². The van der Waals surface area contributed by atoms with E-state index in [2.05, 4.69) is 5.32 Å². The predicted molar refractivity (Wildman–Crippen MR) is 68.7 cm³/mol. The Balaban J connectivity index is 2.34. The van der Waals surface area contributed by atoms with Crippen LogP contribution in [0.2, 0.25) is 0 Å². The second kappa shape index (κ2) is 7.40. The molecule has 0 radical (unpaired) electrons. The van der Waals surface area contributed by atoms with Crippen LogP contribution < -0.4 is 11.1 Å². The zero-order valence-corrected chi connectivity index (χ0v) is 10.2. The zero-order valence-electron chi connectivity index (χ0n) is 10.2. The average Bonchev–Trinajstić information content (AvgIpc) is 2.36. The van der Waals surface area contributed by atoms with Crippen molar-refractivity contribution in [1.29, 1.82) is 0 Å². The van der Waals surface area contributed by atoms with Crippen molar-refractivity contribution in [3.05, 3.63) is 35.9 Å². The summed E-state index contributed by atoms with van der Waals surface area (Å²) in [6, 6.07) is 9.55. The van der Waals surface area contributed by atoms with Crippen LogP contribution in [-0.2, 0) is 6.42 Å². The van der Waals surface area contributed by atoms with Gasteiger partial charge in [0.25, 0.3) is 0 Å². The SMILES string of the molecule is C[C@@H](CO)NC[C@@H](O)[C@@H](N)Cc1ccccc1. The first kappa shape index (κ1) is 14.1. The van der Waals surface area contributed by atoms with E-state index in [1.807, 2.05) is 37.3 Å². The summed E-state index contributed by atoms with van der Waals surface area (Å²) < 4.78 is 0. The van der Waals surface area contributed by atoms with Gasteiger partial charge in [0.1, 0.15) is 0 Å². The van der Waals surface area contributed by atoms with Crippen molar-refractivity contribution in [2.75, 3.05) is 13.2 Å². The molecule has 0 saturated heterocycles. The van der Waals surface area contributed by atoms with Gasteiger partial charge in [-0.05, 0) is 18.9 Å². The molecule has 0 aliphatic heterocycles. The van der Waals surface area contributed by atoms with E-state index in [1.165, 1.54) is 0 Å². The van der Waals surface area contributed by atoms with Gasteiger partial charge in [-0.25, -0.2) is 0 Å². The van der Waals surface area contributed by atoms with Crippen LogP contribution in [0.15, 0.2) is 30.3 Å². The van der Waals surface area contributed by atoms with Gasteiger partial charge in [-0.2, -0.15) is 0 Å². The monoisotopic (exact) mass is 238 g/mol. The molecule has 0 aliphatic rings. The van der Waals surface area contributed by atoms with Gasteiger partial charge in [-0.15, -0.1) is 0 Å². The maximum absolute atomic E-state index is 9.85. The van der Waals surface area contributed by atoms with Crippen LogP contribution in [0.4, 0.5) is 0 Å². The summed E-state index contributed by atoms with van der Waals surface area (Å²) >= 11 is 0. The number of benzene rings is 1. The summed E-state index contributed by atoms with van der Waals surface area (Å²) in [6.07, 6.45) is 0.0428. The van der Waals surface area contributed by atoms with Crippen molar-refractivity contribution in [2.24, 2.45) is 5.73 Å². The van der Waals surface area contributed by atoms with Gasteiger partial charge < -0.3 is 21.3 Å². The van der Waals surface area contributed by atoms with Crippen molar-refractivity contribution in [2.45, 2.75) is 31.5 Å². The van der Waals surface area contributed by atoms with Crippen molar-refractivity contribution in [3.8, 4) is 0 Å². The highest BCUT2D eigenvalue weighted by atomic mass is 16.3. The smallest absolute Gasteiger partial charge is 0.0818 e. The first-order valence-corrected chi connectivity index (χ1v) is 5.95. The first-order valence-electron chi connectivity index (χ1n) is 5.95. The minimum absolute atomic E-state index is 0.0198. The second-order valence-corrected chi connectivity index (χ2v) is 4.41. The Labute approximate surface area is 102 Å². The molecule has 96 valence electrons. The Hall–Kier alpha value is -0.940. The summed E-state index contributed by atoms with van der Waals surface area (Å²) in [5, 5.41) is 21.7. The van der Waals surface area contributed by atoms with E-state index >= 15 is 0 Å². The first-order chi connectivity index (χ1) is 8.13. The molecular weight excluding hydrogens is 216 g/mol. The summed E-state index contributed by atoms with van der Waals surface area (Å²) in [5.41, 5.74) is 7.04. The van der Waals surface area contributed by atoms with Crippen LogP contribution in [0.25, 0.3) is 0 Å². The van der Waals surface area contributed by atoms with Crippen LogP contribution in [0.1, 0.15) is 12.5 Å². The molecule has 0 saturated carbocycles. The number of aliphatic hydroxyl groups excluding tert-OH is 2. The van der Waals surface area contributed by atoms with Gasteiger partial charge in [-0.1, -0.05) is 30.3 Å². The highest BCUT2D eigenvalue weighted by molar-refractivity contribution is 5.16. The van der Waals surface area contributed by atoms with Crippen molar-refractivity contribution < 1.29 is 10.2 Å². The van der Waals surface area contributed by atoms with Crippen LogP contribution in [-0.4, -0.2) is 41.6 Å². The van der Waals surface area contributed by atoms with Gasteiger partial charge in [0.15, 0.2) is 0 Å². The maximum atomic E-state index is 9.85. The lowest BCUT2D eigenvalue weighted by Crippen LogP contribution is -2.45. The van der Waals surface area contributed by atoms with Gasteiger partial charge in [-0.3, -0.25) is 0 Å². The molecule has 0 heterocycles. The van der Waals surface area contributed by atoms with Gasteiger partial charge in [0.05, 0.1) is 12.7 Å². The Morgan fingerprint density at radius 3 is 2.53 bits per heavy atom. The minimum Gasteiger partial charge on any atom is -0.395 e. The topological polar surface area (TPSA) is 78.5 Å². The fraction of sp³-hybridized carbons (Fsp3) is 0.538. The largest absolute Gasteiger partial charge is 0.395 e. The quantitative estimate of drug-likeness (QED) is 0.534. The van der Waals surface area contributed by atoms with E-state index in [9.17, 15) is 5.11 Å². The average molecular weight is 238 g/mol. The summed E-state index contributed by atoms with van der Waals surface area (Å²) in [4.78, 5) is 0. The molecule has 1 aromatic rings. The molecule has 17 heavy (non-hydrogen) atoms. The number of nitrogens with two attached hydrogens (primary N) is 1. The third-order valence-corrected chi connectivity index (χ3v) is 2.76. The number of nitrogens with one attached hydrogen (secondary N) is 1. The Kier molecular flexibility index (Phi) is 6.15. The summed E-state index contributed by atoms with van der Waals surface area (Å²) in [6.45, 7) is 2.31. The lowest BCUT2D eigenvalue weighted by Gasteiger charge is -2.21. The number of hydrogen-bond donors (Lipinski definition) is 4. The summed E-state index contributed by atoms with van der Waals surface area (Å²) in [7, 11) is 0. The number of hydrogen-bond acceptors (Lipinski definition) is 4. The Morgan fingerprint density at radius 1 is 1.29 bits per heavy atom. The molecule has 5 N–H and O–H groups in total. The molecule has 3 atom stereocenters. The zero-order chi connectivity index (χ0) is 12.7. The molecule has 4 nitrogen and oxygen atoms in total. The molecule has 0 unspecified atom stereocenters. The fourth-order valence-corrected chi connectivity index (χ4v) is 1.56.